The van der Waals surface area contributed by atoms with Gasteiger partial charge in [-0.25, -0.2) is 0 Å². The van der Waals surface area contributed by atoms with Crippen LogP contribution in [0, 0.1) is 5.41 Å². The molecule has 0 aromatic rings. The molecule has 3 N–H and O–H groups in total. The first-order chi connectivity index (χ1) is 9.00. The minimum Gasteiger partial charge on any atom is -0.357 e. The molecule has 5 heteroatoms. The first kappa shape index (κ1) is 14.3. The molecule has 2 rings (SSSR count). The fourth-order valence-corrected chi connectivity index (χ4v) is 3.40. The van der Waals surface area contributed by atoms with E-state index in [9.17, 15) is 9.59 Å². The number of piperidine rings is 1. The number of amides is 2. The van der Waals surface area contributed by atoms with Crippen molar-refractivity contribution < 1.29 is 9.59 Å². The Balaban J connectivity index is 2.18. The van der Waals surface area contributed by atoms with Crippen LogP contribution in [0.4, 0.5) is 0 Å². The van der Waals surface area contributed by atoms with E-state index in [0.717, 1.165) is 38.5 Å². The average molecular weight is 267 g/mol. The summed E-state index contributed by atoms with van der Waals surface area (Å²) in [5, 5.41) is 2.67. The molecule has 0 aromatic heterocycles. The summed E-state index contributed by atoms with van der Waals surface area (Å²) in [6, 6.07) is -0.386. The lowest BCUT2D eigenvalue weighted by molar-refractivity contribution is -0.150. The molecule has 2 amide bonds. The van der Waals surface area contributed by atoms with Gasteiger partial charge < -0.3 is 16.0 Å². The molecule has 2 aliphatic rings. The predicted molar refractivity (Wildman–Crippen MR) is 73.4 cm³/mol. The fraction of sp³-hybridized carbons (Fsp3) is 0.857. The number of carbonyl (C=O) groups is 2. The number of rotatable bonds is 2. The smallest absolute Gasteiger partial charge is 0.242 e. The molecule has 1 saturated heterocycles. The molecule has 2 fully saturated rings. The summed E-state index contributed by atoms with van der Waals surface area (Å²) in [5.41, 5.74) is 5.64. The molecule has 0 spiro atoms. The van der Waals surface area contributed by atoms with E-state index in [1.165, 1.54) is 0 Å². The van der Waals surface area contributed by atoms with Crippen LogP contribution in [0.15, 0.2) is 0 Å². The molecular weight excluding hydrogens is 242 g/mol. The summed E-state index contributed by atoms with van der Waals surface area (Å²) in [7, 11) is 1.63. The Hall–Kier alpha value is -1.10. The highest BCUT2D eigenvalue weighted by atomic mass is 16.2. The SMILES string of the molecule is CNC(=O)C1CCCCN1C(=O)C1(C)CCCC1N. The summed E-state index contributed by atoms with van der Waals surface area (Å²) in [4.78, 5) is 26.5. The number of hydrogen-bond donors (Lipinski definition) is 2. The number of likely N-dealkylation sites (tertiary alicyclic amines) is 1. The maximum Gasteiger partial charge on any atom is 0.242 e. The van der Waals surface area contributed by atoms with Gasteiger partial charge in [0.25, 0.3) is 0 Å². The molecular formula is C14H25N3O2. The minimum absolute atomic E-state index is 0.0526. The van der Waals surface area contributed by atoms with Crippen LogP contribution >= 0.6 is 0 Å². The lowest BCUT2D eigenvalue weighted by Crippen LogP contribution is -2.57. The number of nitrogens with zero attached hydrogens (tertiary/aromatic N) is 1. The van der Waals surface area contributed by atoms with E-state index in [1.807, 2.05) is 6.92 Å². The lowest BCUT2D eigenvalue weighted by Gasteiger charge is -2.40. The standard InChI is InChI=1S/C14H25N3O2/c1-14(8-5-7-11(14)15)13(19)17-9-4-3-6-10(17)12(18)16-2/h10-11H,3-9,15H2,1-2H3,(H,16,18). The fourth-order valence-electron chi connectivity index (χ4n) is 3.40. The number of hydrogen-bond acceptors (Lipinski definition) is 3. The third-order valence-electron chi connectivity index (χ3n) is 4.83. The van der Waals surface area contributed by atoms with Gasteiger partial charge in [0.2, 0.25) is 11.8 Å². The highest BCUT2D eigenvalue weighted by Crippen LogP contribution is 2.39. The van der Waals surface area contributed by atoms with Crippen molar-refractivity contribution in [2.45, 2.75) is 57.5 Å². The van der Waals surface area contributed by atoms with Crippen LogP contribution in [0.2, 0.25) is 0 Å². The van der Waals surface area contributed by atoms with Crippen molar-refractivity contribution in [3.05, 3.63) is 0 Å². The first-order valence-corrected chi connectivity index (χ1v) is 7.29. The van der Waals surface area contributed by atoms with Gasteiger partial charge >= 0.3 is 0 Å². The van der Waals surface area contributed by atoms with Gasteiger partial charge in [0.1, 0.15) is 6.04 Å². The van der Waals surface area contributed by atoms with Crippen LogP contribution in [0.3, 0.4) is 0 Å². The van der Waals surface area contributed by atoms with E-state index in [-0.39, 0.29) is 23.9 Å². The normalized spacial score (nSPS) is 35.2. The van der Waals surface area contributed by atoms with Crippen molar-refractivity contribution in [1.29, 1.82) is 0 Å². The van der Waals surface area contributed by atoms with E-state index in [4.69, 9.17) is 5.73 Å². The Morgan fingerprint density at radius 1 is 1.26 bits per heavy atom. The van der Waals surface area contributed by atoms with E-state index in [2.05, 4.69) is 5.32 Å². The second kappa shape index (κ2) is 5.49. The van der Waals surface area contributed by atoms with Crippen LogP contribution in [0.5, 0.6) is 0 Å². The van der Waals surface area contributed by atoms with Gasteiger partial charge in [-0.15, -0.1) is 0 Å². The molecule has 0 radical (unpaired) electrons. The van der Waals surface area contributed by atoms with Crippen molar-refractivity contribution in [2.24, 2.45) is 11.1 Å². The summed E-state index contributed by atoms with van der Waals surface area (Å²) in [6.45, 7) is 2.64. The maximum atomic E-state index is 12.8. The van der Waals surface area contributed by atoms with Gasteiger partial charge in [-0.2, -0.15) is 0 Å². The average Bonchev–Trinajstić information content (AvgIpc) is 2.78. The van der Waals surface area contributed by atoms with E-state index in [1.54, 1.807) is 11.9 Å². The van der Waals surface area contributed by atoms with E-state index < -0.39 is 5.41 Å². The molecule has 3 unspecified atom stereocenters. The highest BCUT2D eigenvalue weighted by molar-refractivity contribution is 5.90. The Morgan fingerprint density at radius 3 is 2.58 bits per heavy atom. The van der Waals surface area contributed by atoms with Gasteiger partial charge in [0.05, 0.1) is 5.41 Å². The molecule has 1 aliphatic heterocycles. The van der Waals surface area contributed by atoms with Crippen molar-refractivity contribution in [2.75, 3.05) is 13.6 Å². The number of likely N-dealkylation sites (N-methyl/N-ethyl adjacent to an activating group) is 1. The molecule has 19 heavy (non-hydrogen) atoms. The van der Waals surface area contributed by atoms with Crippen LogP contribution < -0.4 is 11.1 Å². The molecule has 0 bridgehead atoms. The third kappa shape index (κ3) is 2.48. The zero-order valence-corrected chi connectivity index (χ0v) is 11.9. The summed E-state index contributed by atoms with van der Waals surface area (Å²) < 4.78 is 0. The topological polar surface area (TPSA) is 75.4 Å². The second-order valence-corrected chi connectivity index (χ2v) is 6.04. The Labute approximate surface area is 114 Å². The van der Waals surface area contributed by atoms with Crippen LogP contribution in [0.1, 0.15) is 45.4 Å². The first-order valence-electron chi connectivity index (χ1n) is 7.29. The van der Waals surface area contributed by atoms with Gasteiger partial charge in [-0.05, 0) is 39.0 Å². The van der Waals surface area contributed by atoms with Gasteiger partial charge in [0, 0.05) is 19.6 Å². The summed E-state index contributed by atoms with van der Waals surface area (Å²) in [5.74, 6) is 0.0222. The van der Waals surface area contributed by atoms with Crippen molar-refractivity contribution in [3.63, 3.8) is 0 Å². The molecule has 1 saturated carbocycles. The molecule has 5 nitrogen and oxygen atoms in total. The quantitative estimate of drug-likeness (QED) is 0.770. The monoisotopic (exact) mass is 267 g/mol. The van der Waals surface area contributed by atoms with Gasteiger partial charge in [0.15, 0.2) is 0 Å². The highest BCUT2D eigenvalue weighted by Gasteiger charge is 2.47. The summed E-state index contributed by atoms with van der Waals surface area (Å²) in [6.07, 6.45) is 5.48. The second-order valence-electron chi connectivity index (χ2n) is 6.04. The third-order valence-corrected chi connectivity index (χ3v) is 4.83. The largest absolute Gasteiger partial charge is 0.357 e. The molecule has 0 aromatic carbocycles. The minimum atomic E-state index is -0.483. The Bertz CT molecular complexity index is 372. The van der Waals surface area contributed by atoms with Crippen molar-refractivity contribution in [3.8, 4) is 0 Å². The van der Waals surface area contributed by atoms with Crippen LogP contribution in [-0.4, -0.2) is 42.4 Å². The zero-order chi connectivity index (χ0) is 14.0. The number of nitrogens with two attached hydrogens (primary N) is 1. The molecule has 1 heterocycles. The van der Waals surface area contributed by atoms with Crippen LogP contribution in [-0.2, 0) is 9.59 Å². The van der Waals surface area contributed by atoms with E-state index >= 15 is 0 Å². The maximum absolute atomic E-state index is 12.8. The van der Waals surface area contributed by atoms with E-state index in [0.29, 0.717) is 6.54 Å². The zero-order valence-electron chi connectivity index (χ0n) is 11.9. The van der Waals surface area contributed by atoms with Gasteiger partial charge in [-0.1, -0.05) is 6.42 Å². The Morgan fingerprint density at radius 2 is 2.00 bits per heavy atom. The van der Waals surface area contributed by atoms with Crippen molar-refractivity contribution in [1.82, 2.24) is 10.2 Å². The summed E-state index contributed by atoms with van der Waals surface area (Å²) >= 11 is 0. The van der Waals surface area contributed by atoms with Crippen LogP contribution in [0.25, 0.3) is 0 Å². The number of carbonyl (C=O) groups excluding carboxylic acids is 2. The molecule has 108 valence electrons. The molecule has 3 atom stereocenters. The number of nitrogens with one attached hydrogen (secondary N) is 1. The van der Waals surface area contributed by atoms with Gasteiger partial charge in [-0.3, -0.25) is 9.59 Å². The molecule has 1 aliphatic carbocycles. The van der Waals surface area contributed by atoms with Crippen molar-refractivity contribution >= 4 is 11.8 Å². The predicted octanol–water partition coefficient (Wildman–Crippen LogP) is 0.631. The lowest BCUT2D eigenvalue weighted by atomic mass is 9.82. The Kier molecular flexibility index (Phi) is 4.13.